The third kappa shape index (κ3) is 2.73. The minimum absolute atomic E-state index is 0.0651. The van der Waals surface area contributed by atoms with Gasteiger partial charge in [0.05, 0.1) is 18.3 Å². The van der Waals surface area contributed by atoms with E-state index in [1.807, 2.05) is 0 Å². The molecule has 0 spiro atoms. The van der Waals surface area contributed by atoms with Crippen molar-refractivity contribution in [3.05, 3.63) is 59.9 Å². The number of benzene rings is 1. The lowest BCUT2D eigenvalue weighted by molar-refractivity contribution is -0.144. The van der Waals surface area contributed by atoms with E-state index >= 15 is 0 Å². The van der Waals surface area contributed by atoms with Crippen molar-refractivity contribution in [1.29, 1.82) is 0 Å². The van der Waals surface area contributed by atoms with Crippen LogP contribution in [0.1, 0.15) is 24.1 Å². The SMILES string of the molecule is NC(=O)[C@]1(c2cnccn2)CCCN1C(=O)Cc1ccc(F)cc1. The van der Waals surface area contributed by atoms with E-state index in [9.17, 15) is 14.0 Å². The summed E-state index contributed by atoms with van der Waals surface area (Å²) in [7, 11) is 0. The topological polar surface area (TPSA) is 89.2 Å². The average Bonchev–Trinajstić information content (AvgIpc) is 3.04. The van der Waals surface area contributed by atoms with E-state index in [1.165, 1.54) is 35.6 Å². The fourth-order valence-corrected chi connectivity index (χ4v) is 3.19. The Morgan fingerprint density at radius 3 is 2.62 bits per heavy atom. The van der Waals surface area contributed by atoms with Crippen LogP contribution in [0.5, 0.6) is 0 Å². The number of primary amides is 1. The second-order valence-corrected chi connectivity index (χ2v) is 5.77. The standard InChI is InChI=1S/C17H17FN4O2/c18-13-4-2-12(3-5-13)10-15(23)22-9-1-6-17(22,16(19)24)14-11-20-7-8-21-14/h2-5,7-8,11H,1,6,9-10H2,(H2,19,24)/t17-/m1/s1. The first-order valence-electron chi connectivity index (χ1n) is 7.65. The van der Waals surface area contributed by atoms with Gasteiger partial charge in [-0.2, -0.15) is 0 Å². The number of likely N-dealkylation sites (tertiary alicyclic amines) is 1. The van der Waals surface area contributed by atoms with Crippen molar-refractivity contribution >= 4 is 11.8 Å². The lowest BCUT2D eigenvalue weighted by Crippen LogP contribution is -2.54. The Kier molecular flexibility index (Phi) is 4.24. The van der Waals surface area contributed by atoms with Gasteiger partial charge in [0, 0.05) is 18.9 Å². The van der Waals surface area contributed by atoms with Crippen molar-refractivity contribution in [1.82, 2.24) is 14.9 Å². The van der Waals surface area contributed by atoms with E-state index in [-0.39, 0.29) is 18.1 Å². The molecule has 2 amide bonds. The molecule has 1 atom stereocenters. The summed E-state index contributed by atoms with van der Waals surface area (Å²) in [6.45, 7) is 0.416. The molecular formula is C17H17FN4O2. The minimum Gasteiger partial charge on any atom is -0.367 e. The summed E-state index contributed by atoms with van der Waals surface area (Å²) in [6, 6.07) is 5.71. The Hall–Kier alpha value is -2.83. The Labute approximate surface area is 138 Å². The van der Waals surface area contributed by atoms with E-state index in [0.717, 1.165) is 0 Å². The van der Waals surface area contributed by atoms with Crippen molar-refractivity contribution in [2.24, 2.45) is 5.73 Å². The van der Waals surface area contributed by atoms with Gasteiger partial charge in [0.1, 0.15) is 5.82 Å². The Morgan fingerprint density at radius 1 is 1.25 bits per heavy atom. The van der Waals surface area contributed by atoms with Crippen LogP contribution >= 0.6 is 0 Å². The van der Waals surface area contributed by atoms with Gasteiger partial charge in [-0.1, -0.05) is 12.1 Å². The molecule has 1 aliphatic heterocycles. The maximum atomic E-state index is 13.0. The van der Waals surface area contributed by atoms with Crippen LogP contribution in [0.3, 0.4) is 0 Å². The van der Waals surface area contributed by atoms with E-state index < -0.39 is 11.4 Å². The zero-order valence-corrected chi connectivity index (χ0v) is 13.0. The molecule has 1 fully saturated rings. The number of hydrogen-bond donors (Lipinski definition) is 1. The molecule has 1 aromatic heterocycles. The predicted octanol–water partition coefficient (Wildman–Crippen LogP) is 1.16. The van der Waals surface area contributed by atoms with Gasteiger partial charge < -0.3 is 10.6 Å². The molecule has 0 saturated carbocycles. The monoisotopic (exact) mass is 328 g/mol. The number of amides is 2. The number of hydrogen-bond acceptors (Lipinski definition) is 4. The van der Waals surface area contributed by atoms with E-state index in [2.05, 4.69) is 9.97 Å². The molecule has 0 aliphatic carbocycles. The number of carbonyl (C=O) groups excluding carboxylic acids is 2. The lowest BCUT2D eigenvalue weighted by Gasteiger charge is -2.35. The Morgan fingerprint density at radius 2 is 2.00 bits per heavy atom. The van der Waals surface area contributed by atoms with Gasteiger partial charge >= 0.3 is 0 Å². The molecule has 1 aliphatic rings. The van der Waals surface area contributed by atoms with Gasteiger partial charge in [-0.3, -0.25) is 19.6 Å². The quantitative estimate of drug-likeness (QED) is 0.912. The minimum atomic E-state index is -1.27. The third-order valence-corrected chi connectivity index (χ3v) is 4.35. The van der Waals surface area contributed by atoms with Gasteiger partial charge in [-0.05, 0) is 30.5 Å². The van der Waals surface area contributed by atoms with E-state index in [1.54, 1.807) is 12.1 Å². The number of carbonyl (C=O) groups is 2. The smallest absolute Gasteiger partial charge is 0.249 e. The van der Waals surface area contributed by atoms with Crippen LogP contribution in [0, 0.1) is 5.82 Å². The second kappa shape index (κ2) is 6.35. The highest BCUT2D eigenvalue weighted by Crippen LogP contribution is 2.38. The highest BCUT2D eigenvalue weighted by molar-refractivity contribution is 5.92. The van der Waals surface area contributed by atoms with Gasteiger partial charge in [-0.15, -0.1) is 0 Å². The van der Waals surface area contributed by atoms with Crippen molar-refractivity contribution in [2.45, 2.75) is 24.8 Å². The van der Waals surface area contributed by atoms with E-state index in [0.29, 0.717) is 30.6 Å². The van der Waals surface area contributed by atoms with Crippen LogP contribution in [-0.4, -0.2) is 33.2 Å². The molecule has 124 valence electrons. The largest absolute Gasteiger partial charge is 0.367 e. The van der Waals surface area contributed by atoms with Crippen molar-refractivity contribution in [3.8, 4) is 0 Å². The lowest BCUT2D eigenvalue weighted by atomic mass is 9.90. The fraction of sp³-hybridized carbons (Fsp3) is 0.294. The summed E-state index contributed by atoms with van der Waals surface area (Å²) in [5.74, 6) is -1.23. The summed E-state index contributed by atoms with van der Waals surface area (Å²) in [5, 5.41) is 0. The highest BCUT2D eigenvalue weighted by Gasteiger charge is 2.51. The molecule has 0 bridgehead atoms. The first kappa shape index (κ1) is 16.0. The summed E-state index contributed by atoms with van der Waals surface area (Å²) < 4.78 is 13.0. The van der Waals surface area contributed by atoms with Crippen LogP contribution in [0.15, 0.2) is 42.9 Å². The highest BCUT2D eigenvalue weighted by atomic mass is 19.1. The summed E-state index contributed by atoms with van der Waals surface area (Å²) in [4.78, 5) is 34.7. The third-order valence-electron chi connectivity index (χ3n) is 4.35. The van der Waals surface area contributed by atoms with Gasteiger partial charge in [0.25, 0.3) is 0 Å². The molecule has 24 heavy (non-hydrogen) atoms. The molecule has 7 heteroatoms. The Bertz CT molecular complexity index is 751. The van der Waals surface area contributed by atoms with Crippen LogP contribution in [0.25, 0.3) is 0 Å². The van der Waals surface area contributed by atoms with Crippen molar-refractivity contribution < 1.29 is 14.0 Å². The van der Waals surface area contributed by atoms with Crippen LogP contribution in [0.4, 0.5) is 4.39 Å². The van der Waals surface area contributed by atoms with Crippen molar-refractivity contribution in [2.75, 3.05) is 6.54 Å². The normalized spacial score (nSPS) is 20.1. The molecule has 2 heterocycles. The number of halogens is 1. The number of aromatic nitrogens is 2. The molecule has 0 radical (unpaired) electrons. The summed E-state index contributed by atoms with van der Waals surface area (Å²) in [5.41, 5.74) is 5.43. The van der Waals surface area contributed by atoms with Gasteiger partial charge in [0.15, 0.2) is 5.54 Å². The fourth-order valence-electron chi connectivity index (χ4n) is 3.19. The first-order valence-corrected chi connectivity index (χ1v) is 7.65. The molecule has 0 unspecified atom stereocenters. The van der Waals surface area contributed by atoms with Crippen LogP contribution < -0.4 is 5.73 Å². The molecule has 6 nitrogen and oxygen atoms in total. The zero-order chi connectivity index (χ0) is 17.2. The van der Waals surface area contributed by atoms with Crippen LogP contribution in [-0.2, 0) is 21.5 Å². The predicted molar refractivity (Wildman–Crippen MR) is 84.0 cm³/mol. The number of rotatable bonds is 4. The molecule has 2 aromatic rings. The van der Waals surface area contributed by atoms with Crippen molar-refractivity contribution in [3.63, 3.8) is 0 Å². The summed E-state index contributed by atoms with van der Waals surface area (Å²) >= 11 is 0. The molecule has 1 aromatic carbocycles. The molecule has 1 saturated heterocycles. The van der Waals surface area contributed by atoms with Gasteiger partial charge in [-0.25, -0.2) is 4.39 Å². The maximum Gasteiger partial charge on any atom is 0.249 e. The molecular weight excluding hydrogens is 311 g/mol. The zero-order valence-electron chi connectivity index (χ0n) is 13.0. The number of nitrogens with zero attached hydrogens (tertiary/aromatic N) is 3. The summed E-state index contributed by atoms with van der Waals surface area (Å²) in [6.07, 6.45) is 5.56. The second-order valence-electron chi connectivity index (χ2n) is 5.77. The average molecular weight is 328 g/mol. The van der Waals surface area contributed by atoms with E-state index in [4.69, 9.17) is 5.73 Å². The maximum absolute atomic E-state index is 13.0. The molecule has 3 rings (SSSR count). The van der Waals surface area contributed by atoms with Gasteiger partial charge in [0.2, 0.25) is 11.8 Å². The first-order chi connectivity index (χ1) is 11.5. The molecule has 2 N–H and O–H groups in total. The van der Waals surface area contributed by atoms with Crippen LogP contribution in [0.2, 0.25) is 0 Å². The Balaban J connectivity index is 1.91. The number of nitrogens with two attached hydrogens (primary N) is 1.